The Kier molecular flexibility index (Phi) is 6.08. The number of carbonyl (C=O) groups is 2. The second kappa shape index (κ2) is 6.53. The van der Waals surface area contributed by atoms with E-state index in [1.165, 1.54) is 0 Å². The van der Waals surface area contributed by atoms with Crippen LogP contribution in [0.5, 0.6) is 0 Å². The van der Waals surface area contributed by atoms with Gasteiger partial charge in [0.05, 0.1) is 33.2 Å². The number of likely N-dealkylation sites (N-methyl/N-ethyl adjacent to an activating group) is 1. The van der Waals surface area contributed by atoms with E-state index >= 15 is 0 Å². The van der Waals surface area contributed by atoms with Crippen molar-refractivity contribution in [1.29, 1.82) is 0 Å². The van der Waals surface area contributed by atoms with Crippen LogP contribution < -0.4 is 10.4 Å². The average molecular weight is 248 g/mol. The molecule has 1 saturated heterocycles. The Hall–Kier alpha value is -1.18. The van der Waals surface area contributed by atoms with Crippen molar-refractivity contribution >= 4 is 11.9 Å². The van der Waals surface area contributed by atoms with E-state index in [1.54, 1.807) is 21.1 Å². The van der Waals surface area contributed by atoms with Crippen LogP contribution in [0.25, 0.3) is 0 Å². The minimum atomic E-state index is -1.00. The van der Waals surface area contributed by atoms with Crippen LogP contribution in [0.2, 0.25) is 0 Å². The van der Waals surface area contributed by atoms with Crippen LogP contribution in [-0.4, -0.2) is 73.0 Å². The van der Waals surface area contributed by atoms with Crippen molar-refractivity contribution in [3.8, 4) is 0 Å². The third-order valence-corrected chi connectivity index (χ3v) is 2.01. The molecular weight excluding hydrogens is 228 g/mol. The highest BCUT2D eigenvalue weighted by atomic mass is 16.4. The van der Waals surface area contributed by atoms with Crippen molar-refractivity contribution in [3.63, 3.8) is 0 Å². The maximum absolute atomic E-state index is 10.2. The number of carboxylic acid groups (broad SMARTS) is 2. The van der Waals surface area contributed by atoms with Gasteiger partial charge in [-0.05, 0) is 0 Å². The van der Waals surface area contributed by atoms with Gasteiger partial charge in [-0.2, -0.15) is 0 Å². The zero-order valence-corrected chi connectivity index (χ0v) is 10.3. The van der Waals surface area contributed by atoms with E-state index in [4.69, 9.17) is 10.2 Å². The lowest BCUT2D eigenvalue weighted by Crippen LogP contribution is -2.45. The predicted octanol–water partition coefficient (Wildman–Crippen LogP) is -2.76. The normalized spacial score (nSPS) is 23.8. The maximum atomic E-state index is 10.2. The number of nitrogens with one attached hydrogen (secondary N) is 1. The number of carboxylic acids is 2. The molecule has 0 aliphatic carbocycles. The first kappa shape index (κ1) is 15.8. The average Bonchev–Trinajstić information content (AvgIpc) is 2.47. The topological polar surface area (TPSA) is 110 Å². The fourth-order valence-corrected chi connectivity index (χ4v) is 1.29. The molecule has 2 atom stereocenters. The van der Waals surface area contributed by atoms with Gasteiger partial charge >= 0.3 is 5.97 Å². The Balaban J connectivity index is 0.000000304. The molecule has 1 fully saturated rings. The largest absolute Gasteiger partial charge is 0.544 e. The fourth-order valence-electron chi connectivity index (χ4n) is 1.29. The number of hydrogen-bond acceptors (Lipinski definition) is 5. The lowest BCUT2D eigenvalue weighted by atomic mass is 10.2. The number of rotatable bonds is 3. The van der Waals surface area contributed by atoms with Gasteiger partial charge in [-0.15, -0.1) is 0 Å². The highest BCUT2D eigenvalue weighted by molar-refractivity contribution is 5.73. The molecule has 0 bridgehead atoms. The molecular formula is C10H20N2O5. The minimum Gasteiger partial charge on any atom is -0.544 e. The van der Waals surface area contributed by atoms with Crippen molar-refractivity contribution in [3.05, 3.63) is 0 Å². The standard InChI is InChI=1S/C5H9NO3.C5H11NO2/c7-3-1-4(5(8)9)6-2-3;1-6(2,3)4-5(7)8/h3-4,6-7H,1-2H2,(H,8,9);4H2,1-3H3. The third kappa shape index (κ3) is 8.61. The third-order valence-electron chi connectivity index (χ3n) is 2.01. The van der Waals surface area contributed by atoms with Crippen LogP contribution in [0.15, 0.2) is 0 Å². The number of β-amino-alcohol motifs (C(OH)–C–C–N with tert-alkyl or cyclic N) is 1. The summed E-state index contributed by atoms with van der Waals surface area (Å²) in [5.41, 5.74) is 0. The van der Waals surface area contributed by atoms with E-state index in [9.17, 15) is 14.7 Å². The SMILES string of the molecule is C[N+](C)(C)CC(=O)[O-].O=C(O)C1CC(O)CN1. The van der Waals surface area contributed by atoms with Gasteiger partial charge in [0.2, 0.25) is 0 Å². The van der Waals surface area contributed by atoms with Gasteiger partial charge in [0, 0.05) is 13.0 Å². The molecule has 0 aromatic carbocycles. The summed E-state index contributed by atoms with van der Waals surface area (Å²) < 4.78 is 0.419. The zero-order valence-electron chi connectivity index (χ0n) is 10.3. The van der Waals surface area contributed by atoms with Gasteiger partial charge in [-0.25, -0.2) is 0 Å². The summed E-state index contributed by atoms with van der Waals surface area (Å²) in [7, 11) is 5.40. The van der Waals surface area contributed by atoms with E-state index < -0.39 is 24.1 Å². The molecule has 0 spiro atoms. The summed E-state index contributed by atoms with van der Waals surface area (Å²) in [5, 5.41) is 29.7. The van der Waals surface area contributed by atoms with E-state index in [1.807, 2.05) is 0 Å². The van der Waals surface area contributed by atoms with Crippen LogP contribution in [0.3, 0.4) is 0 Å². The van der Waals surface area contributed by atoms with Crippen molar-refractivity contribution in [2.45, 2.75) is 18.6 Å². The van der Waals surface area contributed by atoms with Crippen LogP contribution in [0, 0.1) is 0 Å². The molecule has 0 saturated carbocycles. The van der Waals surface area contributed by atoms with Gasteiger partial charge in [0.1, 0.15) is 12.6 Å². The van der Waals surface area contributed by atoms with E-state index in [0.29, 0.717) is 17.4 Å². The molecule has 3 N–H and O–H groups in total. The number of hydrogen-bond donors (Lipinski definition) is 3. The van der Waals surface area contributed by atoms with Crippen LogP contribution in [0.4, 0.5) is 0 Å². The Labute approximate surface area is 100 Å². The molecule has 0 aromatic heterocycles. The molecule has 100 valence electrons. The number of aliphatic hydroxyl groups is 1. The number of aliphatic carboxylic acids is 2. The van der Waals surface area contributed by atoms with Crippen molar-refractivity contribution in [2.24, 2.45) is 0 Å². The lowest BCUT2D eigenvalue weighted by molar-refractivity contribution is -0.864. The van der Waals surface area contributed by atoms with Gasteiger partial charge in [-0.3, -0.25) is 4.79 Å². The summed E-state index contributed by atoms with van der Waals surface area (Å²) >= 11 is 0. The molecule has 2 unspecified atom stereocenters. The zero-order chi connectivity index (χ0) is 13.6. The summed E-state index contributed by atoms with van der Waals surface area (Å²) in [4.78, 5) is 20.1. The Morgan fingerprint density at radius 1 is 1.41 bits per heavy atom. The quantitative estimate of drug-likeness (QED) is 0.467. The highest BCUT2D eigenvalue weighted by Gasteiger charge is 2.27. The van der Waals surface area contributed by atoms with Gasteiger partial charge < -0.3 is 29.9 Å². The van der Waals surface area contributed by atoms with E-state index in [2.05, 4.69) is 5.32 Å². The monoisotopic (exact) mass is 248 g/mol. The number of carbonyl (C=O) groups excluding carboxylic acids is 1. The minimum absolute atomic E-state index is 0.0694. The maximum Gasteiger partial charge on any atom is 0.320 e. The van der Waals surface area contributed by atoms with Crippen molar-refractivity contribution in [2.75, 3.05) is 34.2 Å². The summed E-state index contributed by atoms with van der Waals surface area (Å²) in [6, 6.07) is -0.542. The summed E-state index contributed by atoms with van der Waals surface area (Å²) in [5.74, 6) is -1.89. The highest BCUT2D eigenvalue weighted by Crippen LogP contribution is 2.05. The second-order valence-electron chi connectivity index (χ2n) is 5.01. The van der Waals surface area contributed by atoms with E-state index in [-0.39, 0.29) is 6.54 Å². The Morgan fingerprint density at radius 2 is 1.94 bits per heavy atom. The summed E-state index contributed by atoms with van der Waals surface area (Å²) in [6.45, 7) is 0.469. The molecule has 0 aromatic rings. The van der Waals surface area contributed by atoms with Crippen LogP contribution in [-0.2, 0) is 9.59 Å². The van der Waals surface area contributed by atoms with E-state index in [0.717, 1.165) is 0 Å². The van der Waals surface area contributed by atoms with Crippen LogP contribution >= 0.6 is 0 Å². The number of nitrogens with zero attached hydrogens (tertiary/aromatic N) is 1. The molecule has 1 aliphatic heterocycles. The Morgan fingerprint density at radius 3 is 2.06 bits per heavy atom. The van der Waals surface area contributed by atoms with Gasteiger partial charge in [0.25, 0.3) is 0 Å². The van der Waals surface area contributed by atoms with Crippen molar-refractivity contribution in [1.82, 2.24) is 5.32 Å². The molecule has 1 heterocycles. The first-order valence-electron chi connectivity index (χ1n) is 5.26. The molecule has 1 aliphatic rings. The van der Waals surface area contributed by atoms with Gasteiger partial charge in [0.15, 0.2) is 0 Å². The second-order valence-corrected chi connectivity index (χ2v) is 5.01. The molecule has 0 amide bonds. The van der Waals surface area contributed by atoms with Gasteiger partial charge in [-0.1, -0.05) is 0 Å². The molecule has 7 heteroatoms. The first-order chi connectivity index (χ1) is 7.61. The molecule has 1 rings (SSSR count). The predicted molar refractivity (Wildman–Crippen MR) is 58.0 cm³/mol. The molecule has 7 nitrogen and oxygen atoms in total. The number of aliphatic hydroxyl groups excluding tert-OH is 1. The molecule has 17 heavy (non-hydrogen) atoms. The molecule has 0 radical (unpaired) electrons. The summed E-state index contributed by atoms with van der Waals surface area (Å²) in [6.07, 6.45) is -0.152. The fraction of sp³-hybridized carbons (Fsp3) is 0.800. The Bertz CT molecular complexity index is 274. The number of quaternary nitrogens is 1. The van der Waals surface area contributed by atoms with Crippen molar-refractivity contribution < 1.29 is 29.4 Å². The smallest absolute Gasteiger partial charge is 0.320 e. The van der Waals surface area contributed by atoms with Crippen LogP contribution in [0.1, 0.15) is 6.42 Å². The first-order valence-corrected chi connectivity index (χ1v) is 5.26. The lowest BCUT2D eigenvalue weighted by Gasteiger charge is -2.23.